The summed E-state index contributed by atoms with van der Waals surface area (Å²) in [6.07, 6.45) is 5.81. The topological polar surface area (TPSA) is 87.9 Å². The molecule has 264 valence electrons. The third-order valence-corrected chi connectivity index (χ3v) is 9.23. The van der Waals surface area contributed by atoms with Crippen molar-refractivity contribution in [3.63, 3.8) is 0 Å². The van der Waals surface area contributed by atoms with E-state index in [1.165, 1.54) is 16.7 Å². The lowest BCUT2D eigenvalue weighted by Gasteiger charge is -2.34. The second kappa shape index (κ2) is 17.5. The minimum Gasteiger partial charge on any atom is -0.493 e. The van der Waals surface area contributed by atoms with Gasteiger partial charge in [-0.3, -0.25) is 9.69 Å². The number of rotatable bonds is 13. The van der Waals surface area contributed by atoms with Crippen LogP contribution >= 0.6 is 11.6 Å². The van der Waals surface area contributed by atoms with E-state index in [0.29, 0.717) is 54.3 Å². The van der Waals surface area contributed by atoms with Crippen LogP contribution in [0.1, 0.15) is 38.9 Å². The second-order valence-electron chi connectivity index (χ2n) is 12.8. The molecular weight excluding hydrogens is 672 g/mol. The van der Waals surface area contributed by atoms with Gasteiger partial charge in [-0.2, -0.15) is 5.26 Å². The van der Waals surface area contributed by atoms with Crippen LogP contribution in [0.5, 0.6) is 23.1 Å². The van der Waals surface area contributed by atoms with E-state index in [1.807, 2.05) is 42.2 Å². The molecule has 1 amide bonds. The van der Waals surface area contributed by atoms with Crippen molar-refractivity contribution in [2.45, 2.75) is 33.4 Å². The van der Waals surface area contributed by atoms with Gasteiger partial charge in [-0.15, -0.1) is 0 Å². The normalized spacial score (nSPS) is 13.2. The van der Waals surface area contributed by atoms with Gasteiger partial charge in [-0.1, -0.05) is 65.7 Å². The molecule has 0 radical (unpaired) electrons. The fourth-order valence-corrected chi connectivity index (χ4v) is 5.99. The Labute approximate surface area is 310 Å². The second-order valence-corrected chi connectivity index (χ2v) is 13.2. The first kappa shape index (κ1) is 36.2. The zero-order valence-corrected chi connectivity index (χ0v) is 30.2. The summed E-state index contributed by atoms with van der Waals surface area (Å²) in [6.45, 7) is 8.83. The zero-order chi connectivity index (χ0) is 36.3. The van der Waals surface area contributed by atoms with Crippen molar-refractivity contribution in [2.75, 3.05) is 32.8 Å². The number of aryl methyl sites for hydroxylation is 2. The summed E-state index contributed by atoms with van der Waals surface area (Å²) in [6, 6.07) is 33.4. The van der Waals surface area contributed by atoms with E-state index < -0.39 is 0 Å². The van der Waals surface area contributed by atoms with Crippen LogP contribution in [-0.4, -0.2) is 53.5 Å². The van der Waals surface area contributed by atoms with E-state index in [9.17, 15) is 4.79 Å². The SMILES string of the molecule is Cc1ccc(OCCc2ccc(CN3CCN(C(=O)C=Cc4cc(C)c(Oc5ccc(OCc6ccc(C#N)cc6)cn5)cc4Cl)CC3)cc2)cc1. The van der Waals surface area contributed by atoms with Gasteiger partial charge in [-0.05, 0) is 84.1 Å². The lowest BCUT2D eigenvalue weighted by molar-refractivity contribution is -0.127. The number of benzene rings is 4. The number of halogens is 1. The first-order valence-corrected chi connectivity index (χ1v) is 17.7. The van der Waals surface area contributed by atoms with E-state index >= 15 is 0 Å². The van der Waals surface area contributed by atoms with Crippen LogP contribution in [0, 0.1) is 25.2 Å². The van der Waals surface area contributed by atoms with Crippen molar-refractivity contribution < 1.29 is 19.0 Å². The summed E-state index contributed by atoms with van der Waals surface area (Å²) in [5.41, 5.74) is 6.89. The monoisotopic (exact) mass is 712 g/mol. The van der Waals surface area contributed by atoms with Crippen LogP contribution in [-0.2, 0) is 24.4 Å². The number of carbonyl (C=O) groups is 1. The Bertz CT molecular complexity index is 2020. The highest BCUT2D eigenvalue weighted by Crippen LogP contribution is 2.31. The van der Waals surface area contributed by atoms with E-state index in [4.69, 9.17) is 31.1 Å². The summed E-state index contributed by atoms with van der Waals surface area (Å²) < 4.78 is 17.7. The molecule has 1 aromatic heterocycles. The molecule has 1 fully saturated rings. The largest absolute Gasteiger partial charge is 0.493 e. The molecule has 0 atom stereocenters. The predicted molar refractivity (Wildman–Crippen MR) is 204 cm³/mol. The average Bonchev–Trinajstić information content (AvgIpc) is 3.17. The number of nitriles is 1. The fourth-order valence-electron chi connectivity index (χ4n) is 5.77. The van der Waals surface area contributed by atoms with Crippen LogP contribution < -0.4 is 14.2 Å². The highest BCUT2D eigenvalue weighted by molar-refractivity contribution is 6.32. The van der Waals surface area contributed by atoms with Crippen LogP contribution in [0.2, 0.25) is 5.02 Å². The maximum absolute atomic E-state index is 13.1. The van der Waals surface area contributed by atoms with E-state index in [2.05, 4.69) is 59.3 Å². The van der Waals surface area contributed by atoms with Gasteiger partial charge < -0.3 is 19.1 Å². The number of ether oxygens (including phenoxy) is 3. The molecule has 4 aromatic carbocycles. The highest BCUT2D eigenvalue weighted by atomic mass is 35.5. The van der Waals surface area contributed by atoms with Crippen LogP contribution in [0.25, 0.3) is 6.08 Å². The number of hydrogen-bond donors (Lipinski definition) is 0. The molecule has 1 aliphatic heterocycles. The lowest BCUT2D eigenvalue weighted by Crippen LogP contribution is -2.47. The number of aromatic nitrogens is 1. The number of piperazine rings is 1. The molecular formula is C43H41ClN4O4. The maximum Gasteiger partial charge on any atom is 0.246 e. The fraction of sp³-hybridized carbons (Fsp3) is 0.233. The van der Waals surface area contributed by atoms with E-state index in [0.717, 1.165) is 48.5 Å². The molecule has 0 N–H and O–H groups in total. The third kappa shape index (κ3) is 10.2. The van der Waals surface area contributed by atoms with Gasteiger partial charge in [0.1, 0.15) is 23.9 Å². The number of hydrogen-bond acceptors (Lipinski definition) is 7. The smallest absolute Gasteiger partial charge is 0.246 e. The van der Waals surface area contributed by atoms with E-state index in [-0.39, 0.29) is 5.91 Å². The minimum atomic E-state index is -0.0309. The minimum absolute atomic E-state index is 0.0309. The molecule has 5 aromatic rings. The highest BCUT2D eigenvalue weighted by Gasteiger charge is 2.20. The summed E-state index contributed by atoms with van der Waals surface area (Å²) in [5, 5.41) is 9.43. The number of pyridine rings is 1. The molecule has 0 aliphatic carbocycles. The van der Waals surface area contributed by atoms with Crippen LogP contribution in [0.4, 0.5) is 0 Å². The first-order chi connectivity index (χ1) is 25.3. The number of nitrogens with zero attached hydrogens (tertiary/aromatic N) is 4. The predicted octanol–water partition coefficient (Wildman–Crippen LogP) is 8.57. The van der Waals surface area contributed by atoms with Crippen LogP contribution in [0.15, 0.2) is 109 Å². The van der Waals surface area contributed by atoms with Gasteiger partial charge in [0, 0.05) is 57.4 Å². The molecule has 6 rings (SSSR count). The van der Waals surface area contributed by atoms with Crippen LogP contribution in [0.3, 0.4) is 0 Å². The Morgan fingerprint density at radius 2 is 1.54 bits per heavy atom. The molecule has 1 aliphatic rings. The van der Waals surface area contributed by atoms with E-state index in [1.54, 1.807) is 48.7 Å². The lowest BCUT2D eigenvalue weighted by atomic mass is 10.1. The van der Waals surface area contributed by atoms with Gasteiger partial charge in [0.25, 0.3) is 0 Å². The first-order valence-electron chi connectivity index (χ1n) is 17.3. The Hall–Kier alpha value is -5.62. The molecule has 1 saturated heterocycles. The molecule has 0 spiro atoms. The van der Waals surface area contributed by atoms with Gasteiger partial charge in [-0.25, -0.2) is 4.98 Å². The molecule has 0 unspecified atom stereocenters. The Kier molecular flexibility index (Phi) is 12.2. The Morgan fingerprint density at radius 3 is 2.23 bits per heavy atom. The third-order valence-electron chi connectivity index (χ3n) is 8.91. The Morgan fingerprint density at radius 1 is 0.846 bits per heavy atom. The quantitative estimate of drug-likeness (QED) is 0.113. The van der Waals surface area contributed by atoms with Gasteiger partial charge in [0.2, 0.25) is 11.8 Å². The van der Waals surface area contributed by atoms with Crippen molar-refractivity contribution in [3.05, 3.63) is 153 Å². The van der Waals surface area contributed by atoms with Crippen molar-refractivity contribution in [2.24, 2.45) is 0 Å². The molecule has 0 saturated carbocycles. The Balaban J connectivity index is 0.931. The van der Waals surface area contributed by atoms with Crippen molar-refractivity contribution in [1.29, 1.82) is 5.26 Å². The van der Waals surface area contributed by atoms with Gasteiger partial charge >= 0.3 is 0 Å². The van der Waals surface area contributed by atoms with Crippen molar-refractivity contribution >= 4 is 23.6 Å². The summed E-state index contributed by atoms with van der Waals surface area (Å²) in [7, 11) is 0. The molecule has 8 nitrogen and oxygen atoms in total. The molecule has 0 bridgehead atoms. The van der Waals surface area contributed by atoms with Gasteiger partial charge in [0.05, 0.1) is 29.5 Å². The van der Waals surface area contributed by atoms with Gasteiger partial charge in [0.15, 0.2) is 0 Å². The summed E-state index contributed by atoms with van der Waals surface area (Å²) in [5.74, 6) is 2.44. The maximum atomic E-state index is 13.1. The van der Waals surface area contributed by atoms with Crippen molar-refractivity contribution in [1.82, 2.24) is 14.8 Å². The summed E-state index contributed by atoms with van der Waals surface area (Å²) in [4.78, 5) is 21.7. The zero-order valence-electron chi connectivity index (χ0n) is 29.4. The number of amides is 1. The molecule has 52 heavy (non-hydrogen) atoms. The average molecular weight is 713 g/mol. The number of carbonyl (C=O) groups excluding carboxylic acids is 1. The molecule has 9 heteroatoms. The molecule has 2 heterocycles. The standard InChI is InChI=1S/C43H41ClN4O4/c1-31-3-14-38(15-4-31)50-24-19-33-5-9-35(10-6-33)29-47-20-22-48(23-21-47)43(49)18-13-37-25-32(2)41(26-40(37)44)52-42-17-16-39(28-46-42)51-30-36-11-7-34(27-45)8-12-36/h3-18,25-26,28H,19-24,29-30H2,1-2H3. The van der Waals surface area contributed by atoms with Crippen molar-refractivity contribution in [3.8, 4) is 29.2 Å². The summed E-state index contributed by atoms with van der Waals surface area (Å²) >= 11 is 6.61.